The molecule has 0 fully saturated rings. The van der Waals surface area contributed by atoms with Crippen LogP contribution in [0.25, 0.3) is 0 Å². The minimum Gasteiger partial charge on any atom is -0.493 e. The molecule has 0 amide bonds. The molecule has 0 radical (unpaired) electrons. The predicted molar refractivity (Wildman–Crippen MR) is 64.2 cm³/mol. The Morgan fingerprint density at radius 3 is 3.12 bits per heavy atom. The van der Waals surface area contributed by atoms with Crippen molar-refractivity contribution in [3.8, 4) is 5.75 Å². The molecule has 1 heterocycles. The van der Waals surface area contributed by atoms with Crippen molar-refractivity contribution >= 4 is 5.97 Å². The Hall–Kier alpha value is -1.55. The van der Waals surface area contributed by atoms with E-state index >= 15 is 0 Å². The monoisotopic (exact) mass is 235 g/mol. The Bertz CT molecular complexity index is 417. The number of ether oxygens (including phenoxy) is 1. The van der Waals surface area contributed by atoms with Crippen LogP contribution in [-0.4, -0.2) is 36.2 Å². The van der Waals surface area contributed by atoms with Crippen LogP contribution in [0.2, 0.25) is 0 Å². The Morgan fingerprint density at radius 1 is 1.53 bits per heavy atom. The fraction of sp³-hybridized carbons (Fsp3) is 0.462. The zero-order chi connectivity index (χ0) is 12.3. The lowest BCUT2D eigenvalue weighted by Crippen LogP contribution is -2.27. The van der Waals surface area contributed by atoms with Crippen molar-refractivity contribution < 1.29 is 14.6 Å². The van der Waals surface area contributed by atoms with Gasteiger partial charge in [-0.1, -0.05) is 12.1 Å². The molecular formula is C13H17NO3. The molecule has 1 N–H and O–H groups in total. The van der Waals surface area contributed by atoms with Crippen molar-refractivity contribution in [2.45, 2.75) is 19.4 Å². The maximum atomic E-state index is 10.4. The Labute approximate surface area is 101 Å². The molecule has 4 nitrogen and oxygen atoms in total. The molecule has 0 aliphatic carbocycles. The first-order valence-electron chi connectivity index (χ1n) is 5.80. The van der Waals surface area contributed by atoms with E-state index in [9.17, 15) is 4.79 Å². The van der Waals surface area contributed by atoms with Crippen LogP contribution in [0.3, 0.4) is 0 Å². The lowest BCUT2D eigenvalue weighted by molar-refractivity contribution is -0.137. The first kappa shape index (κ1) is 11.9. The number of hydrogen-bond donors (Lipinski definition) is 1. The molecule has 4 heteroatoms. The largest absolute Gasteiger partial charge is 0.493 e. The van der Waals surface area contributed by atoms with Gasteiger partial charge in [0.2, 0.25) is 0 Å². The highest BCUT2D eigenvalue weighted by Gasteiger charge is 2.16. The molecule has 2 rings (SSSR count). The Kier molecular flexibility index (Phi) is 3.64. The quantitative estimate of drug-likeness (QED) is 0.859. The number of carbonyl (C=O) groups is 1. The van der Waals surface area contributed by atoms with Crippen molar-refractivity contribution in [2.75, 3.05) is 20.2 Å². The van der Waals surface area contributed by atoms with Crippen molar-refractivity contribution in [2.24, 2.45) is 0 Å². The van der Waals surface area contributed by atoms with Crippen molar-refractivity contribution in [3.05, 3.63) is 29.3 Å². The summed E-state index contributed by atoms with van der Waals surface area (Å²) >= 11 is 0. The van der Waals surface area contributed by atoms with E-state index in [-0.39, 0.29) is 13.0 Å². The molecule has 0 bridgehead atoms. The van der Waals surface area contributed by atoms with E-state index in [4.69, 9.17) is 9.84 Å². The Balaban J connectivity index is 2.09. The molecular weight excluding hydrogens is 218 g/mol. The summed E-state index contributed by atoms with van der Waals surface area (Å²) in [6.45, 7) is 2.17. The molecule has 92 valence electrons. The van der Waals surface area contributed by atoms with Gasteiger partial charge in [-0.05, 0) is 25.1 Å². The van der Waals surface area contributed by atoms with Crippen molar-refractivity contribution in [1.82, 2.24) is 4.90 Å². The van der Waals surface area contributed by atoms with E-state index in [1.807, 2.05) is 12.1 Å². The second kappa shape index (κ2) is 5.19. The van der Waals surface area contributed by atoms with E-state index in [0.717, 1.165) is 25.3 Å². The lowest BCUT2D eigenvalue weighted by atomic mass is 9.99. The molecule has 0 saturated carbocycles. The number of rotatable bonds is 4. The normalized spacial score (nSPS) is 15.4. The molecule has 17 heavy (non-hydrogen) atoms. The van der Waals surface area contributed by atoms with Gasteiger partial charge in [-0.3, -0.25) is 4.79 Å². The number of fused-ring (bicyclic) bond motifs is 1. The molecule has 0 atom stereocenters. The van der Waals surface area contributed by atoms with Gasteiger partial charge in [0, 0.05) is 18.7 Å². The van der Waals surface area contributed by atoms with E-state index in [2.05, 4.69) is 18.0 Å². The molecule has 1 aromatic rings. The van der Waals surface area contributed by atoms with Gasteiger partial charge < -0.3 is 14.7 Å². The standard InChI is InChI=1S/C13H17NO3/c1-14-7-5-10-3-2-4-12(11(10)9-14)17-8-6-13(15)16/h2-4H,5-9H2,1H3,(H,15,16). The van der Waals surface area contributed by atoms with Crippen LogP contribution < -0.4 is 4.74 Å². The molecule has 0 unspecified atom stereocenters. The molecule has 1 aromatic carbocycles. The van der Waals surface area contributed by atoms with Crippen molar-refractivity contribution in [3.63, 3.8) is 0 Å². The van der Waals surface area contributed by atoms with Gasteiger partial charge in [0.1, 0.15) is 5.75 Å². The third-order valence-corrected chi connectivity index (χ3v) is 2.99. The smallest absolute Gasteiger partial charge is 0.306 e. The molecule has 0 spiro atoms. The van der Waals surface area contributed by atoms with Gasteiger partial charge in [0.15, 0.2) is 0 Å². The number of likely N-dealkylation sites (N-methyl/N-ethyl adjacent to an activating group) is 1. The van der Waals surface area contributed by atoms with E-state index in [0.29, 0.717) is 0 Å². The van der Waals surface area contributed by atoms with Crippen LogP contribution in [0, 0.1) is 0 Å². The summed E-state index contributed by atoms with van der Waals surface area (Å²) in [7, 11) is 2.08. The van der Waals surface area contributed by atoms with Crippen LogP contribution in [-0.2, 0) is 17.8 Å². The first-order chi connectivity index (χ1) is 8.16. The van der Waals surface area contributed by atoms with Crippen LogP contribution in [0.15, 0.2) is 18.2 Å². The zero-order valence-electron chi connectivity index (χ0n) is 9.98. The van der Waals surface area contributed by atoms with Gasteiger partial charge in [-0.15, -0.1) is 0 Å². The van der Waals surface area contributed by atoms with E-state index in [1.165, 1.54) is 11.1 Å². The maximum absolute atomic E-state index is 10.4. The fourth-order valence-corrected chi connectivity index (χ4v) is 2.07. The summed E-state index contributed by atoms with van der Waals surface area (Å²) in [6.07, 6.45) is 1.07. The average molecular weight is 235 g/mol. The second-order valence-electron chi connectivity index (χ2n) is 4.37. The fourth-order valence-electron chi connectivity index (χ4n) is 2.07. The summed E-state index contributed by atoms with van der Waals surface area (Å²) in [5, 5.41) is 8.58. The van der Waals surface area contributed by atoms with E-state index in [1.54, 1.807) is 0 Å². The number of aliphatic carboxylic acids is 1. The number of carboxylic acids is 1. The van der Waals surface area contributed by atoms with Crippen LogP contribution in [0.5, 0.6) is 5.75 Å². The average Bonchev–Trinajstić information content (AvgIpc) is 2.29. The third kappa shape index (κ3) is 2.97. The van der Waals surface area contributed by atoms with Gasteiger partial charge in [0.25, 0.3) is 0 Å². The third-order valence-electron chi connectivity index (χ3n) is 2.99. The van der Waals surface area contributed by atoms with Gasteiger partial charge in [-0.25, -0.2) is 0 Å². The molecule has 1 aliphatic heterocycles. The minimum atomic E-state index is -0.827. The minimum absolute atomic E-state index is 0.0412. The van der Waals surface area contributed by atoms with Crippen LogP contribution in [0.1, 0.15) is 17.5 Å². The predicted octanol–water partition coefficient (Wildman–Crippen LogP) is 1.53. The summed E-state index contributed by atoms with van der Waals surface area (Å²) in [5.74, 6) is 0.00205. The molecule has 0 aromatic heterocycles. The number of hydrogen-bond acceptors (Lipinski definition) is 3. The first-order valence-corrected chi connectivity index (χ1v) is 5.80. The van der Waals surface area contributed by atoms with Gasteiger partial charge >= 0.3 is 5.97 Å². The summed E-state index contributed by atoms with van der Waals surface area (Å²) in [5.41, 5.74) is 2.52. The summed E-state index contributed by atoms with van der Waals surface area (Å²) < 4.78 is 5.56. The molecule has 1 aliphatic rings. The number of benzene rings is 1. The molecule has 0 saturated heterocycles. The van der Waals surface area contributed by atoms with E-state index < -0.39 is 5.97 Å². The van der Waals surface area contributed by atoms with Crippen LogP contribution >= 0.6 is 0 Å². The number of nitrogens with zero attached hydrogens (tertiary/aromatic N) is 1. The summed E-state index contributed by atoms with van der Waals surface area (Å²) in [6, 6.07) is 6.01. The van der Waals surface area contributed by atoms with Crippen LogP contribution in [0.4, 0.5) is 0 Å². The zero-order valence-corrected chi connectivity index (χ0v) is 9.98. The second-order valence-corrected chi connectivity index (χ2v) is 4.37. The summed E-state index contributed by atoms with van der Waals surface area (Å²) in [4.78, 5) is 12.7. The highest BCUT2D eigenvalue weighted by molar-refractivity contribution is 5.66. The van der Waals surface area contributed by atoms with Gasteiger partial charge in [-0.2, -0.15) is 0 Å². The van der Waals surface area contributed by atoms with Gasteiger partial charge in [0.05, 0.1) is 13.0 Å². The topological polar surface area (TPSA) is 49.8 Å². The maximum Gasteiger partial charge on any atom is 0.306 e. The SMILES string of the molecule is CN1CCc2cccc(OCCC(=O)O)c2C1. The lowest BCUT2D eigenvalue weighted by Gasteiger charge is -2.26. The highest BCUT2D eigenvalue weighted by atomic mass is 16.5. The van der Waals surface area contributed by atoms with Crippen molar-refractivity contribution in [1.29, 1.82) is 0 Å². The highest BCUT2D eigenvalue weighted by Crippen LogP contribution is 2.27. The Morgan fingerprint density at radius 2 is 2.35 bits per heavy atom. The number of carboxylic acid groups (broad SMARTS) is 1.